The van der Waals surface area contributed by atoms with Gasteiger partial charge in [0.2, 0.25) is 5.91 Å². The van der Waals surface area contributed by atoms with Gasteiger partial charge >= 0.3 is 0 Å². The first-order valence-electron chi connectivity index (χ1n) is 8.51. The van der Waals surface area contributed by atoms with Gasteiger partial charge in [-0.3, -0.25) is 4.79 Å². The quantitative estimate of drug-likeness (QED) is 0.876. The summed E-state index contributed by atoms with van der Waals surface area (Å²) in [6.07, 6.45) is 3.28. The second kappa shape index (κ2) is 6.17. The molecule has 1 N–H and O–H groups in total. The lowest BCUT2D eigenvalue weighted by Crippen LogP contribution is -2.47. The van der Waals surface area contributed by atoms with Crippen LogP contribution < -0.4 is 5.32 Å². The first-order valence-corrected chi connectivity index (χ1v) is 8.51. The zero-order valence-corrected chi connectivity index (χ0v) is 13.3. The van der Waals surface area contributed by atoms with Gasteiger partial charge in [-0.15, -0.1) is 0 Å². The Morgan fingerprint density at radius 2 is 1.52 bits per heavy atom. The topological polar surface area (TPSA) is 32.3 Å². The molecule has 2 aromatic carbocycles. The molecule has 0 aliphatic carbocycles. The van der Waals surface area contributed by atoms with E-state index in [0.717, 1.165) is 19.4 Å². The number of piperidine rings is 1. The van der Waals surface area contributed by atoms with Gasteiger partial charge in [0, 0.05) is 13.1 Å². The van der Waals surface area contributed by atoms with Crippen molar-refractivity contribution >= 4 is 5.91 Å². The van der Waals surface area contributed by atoms with E-state index in [1.165, 1.54) is 28.7 Å². The number of benzene rings is 2. The van der Waals surface area contributed by atoms with Gasteiger partial charge in [0.1, 0.15) is 0 Å². The highest BCUT2D eigenvalue weighted by atomic mass is 16.2. The van der Waals surface area contributed by atoms with Crippen molar-refractivity contribution in [2.75, 3.05) is 6.54 Å². The highest BCUT2D eigenvalue weighted by Gasteiger charge is 2.28. The molecule has 2 aromatic rings. The summed E-state index contributed by atoms with van der Waals surface area (Å²) in [6.45, 7) is 2.35. The molecule has 1 fully saturated rings. The summed E-state index contributed by atoms with van der Waals surface area (Å²) in [6, 6.07) is 16.9. The molecule has 3 heteroatoms. The summed E-state index contributed by atoms with van der Waals surface area (Å²) in [5.41, 5.74) is 4.99. The number of nitrogens with zero attached hydrogens (tertiary/aromatic N) is 1. The SMILES string of the molecule is O=C(C1CCCCN1)N1Cc2ccccc2-c2ccccc2C1. The van der Waals surface area contributed by atoms with E-state index in [2.05, 4.69) is 53.8 Å². The fraction of sp³-hybridized carbons (Fsp3) is 0.350. The van der Waals surface area contributed by atoms with Crippen LogP contribution >= 0.6 is 0 Å². The lowest BCUT2D eigenvalue weighted by molar-refractivity contribution is -0.135. The first-order chi connectivity index (χ1) is 11.3. The normalized spacial score (nSPS) is 20.3. The van der Waals surface area contributed by atoms with Crippen LogP contribution in [0.15, 0.2) is 48.5 Å². The van der Waals surface area contributed by atoms with Crippen LogP contribution in [0.1, 0.15) is 30.4 Å². The third kappa shape index (κ3) is 2.77. The molecule has 1 unspecified atom stereocenters. The van der Waals surface area contributed by atoms with E-state index >= 15 is 0 Å². The number of hydrogen-bond donors (Lipinski definition) is 1. The van der Waals surface area contributed by atoms with Crippen LogP contribution in [0.5, 0.6) is 0 Å². The largest absolute Gasteiger partial charge is 0.333 e. The first kappa shape index (κ1) is 14.5. The van der Waals surface area contributed by atoms with Gasteiger partial charge in [-0.25, -0.2) is 0 Å². The van der Waals surface area contributed by atoms with Gasteiger partial charge in [-0.2, -0.15) is 0 Å². The van der Waals surface area contributed by atoms with Crippen LogP contribution in [0.25, 0.3) is 11.1 Å². The van der Waals surface area contributed by atoms with Crippen LogP contribution in [-0.2, 0) is 17.9 Å². The second-order valence-electron chi connectivity index (χ2n) is 6.51. The van der Waals surface area contributed by atoms with Crippen molar-refractivity contribution in [2.45, 2.75) is 38.4 Å². The maximum atomic E-state index is 13.0. The van der Waals surface area contributed by atoms with Crippen molar-refractivity contribution in [2.24, 2.45) is 0 Å². The van der Waals surface area contributed by atoms with Crippen molar-refractivity contribution in [3.63, 3.8) is 0 Å². The minimum absolute atomic E-state index is 0.0128. The third-order valence-corrected chi connectivity index (χ3v) is 4.97. The number of nitrogens with one attached hydrogen (secondary N) is 1. The summed E-state index contributed by atoms with van der Waals surface area (Å²) in [7, 11) is 0. The predicted molar refractivity (Wildman–Crippen MR) is 91.8 cm³/mol. The Kier molecular flexibility index (Phi) is 3.88. The minimum Gasteiger partial charge on any atom is -0.333 e. The lowest BCUT2D eigenvalue weighted by Gasteiger charge is -2.29. The average molecular weight is 306 g/mol. The summed E-state index contributed by atoms with van der Waals surface area (Å²) in [5.74, 6) is 0.246. The Labute approximate surface area is 137 Å². The highest BCUT2D eigenvalue weighted by Crippen LogP contribution is 2.32. The lowest BCUT2D eigenvalue weighted by atomic mass is 9.97. The fourth-order valence-electron chi connectivity index (χ4n) is 3.75. The Hall–Kier alpha value is -2.13. The molecule has 0 radical (unpaired) electrons. The molecular formula is C20H22N2O. The van der Waals surface area contributed by atoms with E-state index < -0.39 is 0 Å². The molecule has 2 aliphatic rings. The van der Waals surface area contributed by atoms with Gasteiger partial charge in [-0.05, 0) is 41.6 Å². The molecule has 0 bridgehead atoms. The number of amides is 1. The molecule has 0 aromatic heterocycles. The van der Waals surface area contributed by atoms with Gasteiger partial charge < -0.3 is 10.2 Å². The molecule has 4 rings (SSSR count). The van der Waals surface area contributed by atoms with Crippen molar-refractivity contribution in [3.05, 3.63) is 59.7 Å². The number of hydrogen-bond acceptors (Lipinski definition) is 2. The molecule has 0 saturated carbocycles. The summed E-state index contributed by atoms with van der Waals surface area (Å²) in [4.78, 5) is 15.0. The van der Waals surface area contributed by atoms with Crippen molar-refractivity contribution in [1.82, 2.24) is 10.2 Å². The molecule has 2 aliphatic heterocycles. The third-order valence-electron chi connectivity index (χ3n) is 4.97. The van der Waals surface area contributed by atoms with Crippen LogP contribution in [0.3, 0.4) is 0 Å². The minimum atomic E-state index is -0.0128. The van der Waals surface area contributed by atoms with Crippen molar-refractivity contribution < 1.29 is 4.79 Å². The molecule has 0 spiro atoms. The number of carbonyl (C=O) groups excluding carboxylic acids is 1. The van der Waals surface area contributed by atoms with Crippen LogP contribution in [0.4, 0.5) is 0 Å². The molecule has 1 saturated heterocycles. The van der Waals surface area contributed by atoms with E-state index in [1.54, 1.807) is 0 Å². The average Bonchev–Trinajstić information content (AvgIpc) is 2.79. The zero-order valence-electron chi connectivity index (χ0n) is 13.3. The highest BCUT2D eigenvalue weighted by molar-refractivity contribution is 5.83. The van der Waals surface area contributed by atoms with E-state index in [0.29, 0.717) is 13.1 Å². The Balaban J connectivity index is 1.70. The maximum absolute atomic E-state index is 13.0. The smallest absolute Gasteiger partial charge is 0.240 e. The summed E-state index contributed by atoms with van der Waals surface area (Å²) < 4.78 is 0. The number of fused-ring (bicyclic) bond motifs is 3. The monoisotopic (exact) mass is 306 g/mol. The van der Waals surface area contributed by atoms with E-state index in [9.17, 15) is 4.79 Å². The fourth-order valence-corrected chi connectivity index (χ4v) is 3.75. The van der Waals surface area contributed by atoms with Crippen molar-refractivity contribution in [3.8, 4) is 11.1 Å². The Morgan fingerprint density at radius 3 is 2.09 bits per heavy atom. The van der Waals surface area contributed by atoms with Crippen LogP contribution in [0, 0.1) is 0 Å². The predicted octanol–water partition coefficient (Wildman–Crippen LogP) is 3.34. The summed E-state index contributed by atoms with van der Waals surface area (Å²) >= 11 is 0. The molecule has 1 atom stereocenters. The second-order valence-corrected chi connectivity index (χ2v) is 6.51. The van der Waals surface area contributed by atoms with E-state index in [4.69, 9.17) is 0 Å². The number of carbonyl (C=O) groups is 1. The van der Waals surface area contributed by atoms with Crippen LogP contribution in [0.2, 0.25) is 0 Å². The maximum Gasteiger partial charge on any atom is 0.240 e. The molecule has 118 valence electrons. The summed E-state index contributed by atoms with van der Waals surface area (Å²) in [5, 5.41) is 3.39. The molecule has 3 nitrogen and oxygen atoms in total. The van der Waals surface area contributed by atoms with Gasteiger partial charge in [0.05, 0.1) is 6.04 Å². The van der Waals surface area contributed by atoms with E-state index in [-0.39, 0.29) is 11.9 Å². The van der Waals surface area contributed by atoms with E-state index in [1.807, 2.05) is 4.90 Å². The van der Waals surface area contributed by atoms with Crippen molar-refractivity contribution in [1.29, 1.82) is 0 Å². The molecule has 2 heterocycles. The van der Waals surface area contributed by atoms with Gasteiger partial charge in [-0.1, -0.05) is 55.0 Å². The Bertz CT molecular complexity index is 672. The molecule has 23 heavy (non-hydrogen) atoms. The number of rotatable bonds is 1. The van der Waals surface area contributed by atoms with Crippen LogP contribution in [-0.4, -0.2) is 23.4 Å². The Morgan fingerprint density at radius 1 is 0.913 bits per heavy atom. The standard InChI is InChI=1S/C20H22N2O/c23-20(19-11-5-6-12-21-19)22-13-15-7-1-3-9-17(15)18-10-4-2-8-16(18)14-22/h1-4,7-10,19,21H,5-6,11-14H2. The molecular weight excluding hydrogens is 284 g/mol. The van der Waals surface area contributed by atoms with Gasteiger partial charge in [0.25, 0.3) is 0 Å². The zero-order chi connectivity index (χ0) is 15.6. The molecule has 1 amide bonds. The van der Waals surface area contributed by atoms with Gasteiger partial charge in [0.15, 0.2) is 0 Å².